The summed E-state index contributed by atoms with van der Waals surface area (Å²) in [6.45, 7) is 0.477. The molecule has 0 fully saturated rings. The first-order chi connectivity index (χ1) is 12.0. The van der Waals surface area contributed by atoms with Crippen LogP contribution in [0, 0.1) is 10.1 Å². The van der Waals surface area contributed by atoms with Crippen molar-refractivity contribution >= 4 is 28.2 Å². The van der Waals surface area contributed by atoms with Crippen LogP contribution in [0.25, 0.3) is 22.6 Å². The SMILES string of the molecule is O=c1c2cc([N+](=O)[O-])ccc2nc2n1CCC2=Cc1cccc(O)c1. The maximum absolute atomic E-state index is 12.7. The standard InChI is InChI=1S/C18H13N3O4/c22-14-3-1-2-11(9-14)8-12-6-7-20-17(12)19-16-5-4-13(21(24)25)10-15(16)18(20)23/h1-5,8-10,22H,6-7H2. The van der Waals surface area contributed by atoms with Gasteiger partial charge in [0.05, 0.1) is 15.8 Å². The highest BCUT2D eigenvalue weighted by Crippen LogP contribution is 2.28. The highest BCUT2D eigenvalue weighted by atomic mass is 16.6. The van der Waals surface area contributed by atoms with Crippen LogP contribution in [0.5, 0.6) is 5.75 Å². The van der Waals surface area contributed by atoms with Crippen LogP contribution in [0.3, 0.4) is 0 Å². The van der Waals surface area contributed by atoms with Gasteiger partial charge in [-0.15, -0.1) is 0 Å². The monoisotopic (exact) mass is 335 g/mol. The molecular weight excluding hydrogens is 322 g/mol. The minimum absolute atomic E-state index is 0.125. The summed E-state index contributed by atoms with van der Waals surface area (Å²) in [5, 5.41) is 20.7. The van der Waals surface area contributed by atoms with Gasteiger partial charge >= 0.3 is 0 Å². The molecule has 1 aliphatic heterocycles. The van der Waals surface area contributed by atoms with E-state index in [0.717, 1.165) is 11.1 Å². The van der Waals surface area contributed by atoms with Gasteiger partial charge in [0, 0.05) is 18.7 Å². The Morgan fingerprint density at radius 3 is 2.84 bits per heavy atom. The largest absolute Gasteiger partial charge is 0.508 e. The van der Waals surface area contributed by atoms with Crippen molar-refractivity contribution in [3.63, 3.8) is 0 Å². The van der Waals surface area contributed by atoms with Gasteiger partial charge in [0.15, 0.2) is 0 Å². The zero-order valence-corrected chi connectivity index (χ0v) is 13.0. The second-order valence-electron chi connectivity index (χ2n) is 5.87. The fraction of sp³-hybridized carbons (Fsp3) is 0.111. The van der Waals surface area contributed by atoms with Crippen LogP contribution in [0.4, 0.5) is 5.69 Å². The normalized spacial score (nSPS) is 14.8. The van der Waals surface area contributed by atoms with E-state index in [4.69, 9.17) is 0 Å². The molecule has 0 saturated heterocycles. The molecule has 2 aromatic carbocycles. The van der Waals surface area contributed by atoms with E-state index in [2.05, 4.69) is 4.98 Å². The maximum Gasteiger partial charge on any atom is 0.270 e. The molecule has 2 heterocycles. The predicted octanol–water partition coefficient (Wildman–Crippen LogP) is 2.95. The Bertz CT molecular complexity index is 1110. The third kappa shape index (κ3) is 2.55. The van der Waals surface area contributed by atoms with E-state index in [1.54, 1.807) is 22.8 Å². The number of aromatic nitrogens is 2. The van der Waals surface area contributed by atoms with Crippen LogP contribution < -0.4 is 5.56 Å². The molecule has 0 radical (unpaired) electrons. The summed E-state index contributed by atoms with van der Waals surface area (Å²) in [5.74, 6) is 0.734. The van der Waals surface area contributed by atoms with Crippen molar-refractivity contribution in [2.75, 3.05) is 0 Å². The minimum atomic E-state index is -0.524. The van der Waals surface area contributed by atoms with E-state index in [9.17, 15) is 20.0 Å². The maximum atomic E-state index is 12.7. The Labute approximate surface area is 141 Å². The number of nitro groups is 1. The Balaban J connectivity index is 1.88. The Morgan fingerprint density at radius 1 is 1.24 bits per heavy atom. The molecule has 0 unspecified atom stereocenters. The van der Waals surface area contributed by atoms with Crippen molar-refractivity contribution in [3.8, 4) is 5.75 Å². The van der Waals surface area contributed by atoms with Crippen molar-refractivity contribution in [2.45, 2.75) is 13.0 Å². The topological polar surface area (TPSA) is 98.3 Å². The summed E-state index contributed by atoms with van der Waals surface area (Å²) in [4.78, 5) is 27.6. The predicted molar refractivity (Wildman–Crippen MR) is 93.3 cm³/mol. The van der Waals surface area contributed by atoms with Crippen molar-refractivity contribution in [1.29, 1.82) is 0 Å². The number of phenols is 1. The minimum Gasteiger partial charge on any atom is -0.508 e. The fourth-order valence-electron chi connectivity index (χ4n) is 3.07. The van der Waals surface area contributed by atoms with Gasteiger partial charge in [0.1, 0.15) is 11.6 Å². The smallest absolute Gasteiger partial charge is 0.270 e. The van der Waals surface area contributed by atoms with Crippen LogP contribution >= 0.6 is 0 Å². The number of rotatable bonds is 2. The first-order valence-electron chi connectivity index (χ1n) is 7.72. The molecule has 0 atom stereocenters. The lowest BCUT2D eigenvalue weighted by molar-refractivity contribution is -0.384. The van der Waals surface area contributed by atoms with Gasteiger partial charge in [0.2, 0.25) is 0 Å². The lowest BCUT2D eigenvalue weighted by Gasteiger charge is -2.05. The van der Waals surface area contributed by atoms with Gasteiger partial charge in [-0.1, -0.05) is 12.1 Å². The van der Waals surface area contributed by atoms with E-state index < -0.39 is 4.92 Å². The Morgan fingerprint density at radius 2 is 2.08 bits per heavy atom. The second-order valence-corrected chi connectivity index (χ2v) is 5.87. The molecule has 0 bridgehead atoms. The number of phenolic OH excluding ortho intramolecular Hbond substituents is 1. The number of hydrogen-bond donors (Lipinski definition) is 1. The van der Waals surface area contributed by atoms with Crippen LogP contribution in [-0.4, -0.2) is 19.6 Å². The molecule has 0 saturated carbocycles. The summed E-state index contributed by atoms with van der Waals surface area (Å²) >= 11 is 0. The highest BCUT2D eigenvalue weighted by Gasteiger charge is 2.22. The number of aromatic hydroxyl groups is 1. The lowest BCUT2D eigenvalue weighted by Crippen LogP contribution is -2.20. The van der Waals surface area contributed by atoms with Crippen LogP contribution in [0.2, 0.25) is 0 Å². The van der Waals surface area contributed by atoms with E-state index in [-0.39, 0.29) is 22.4 Å². The number of nitro benzene ring substituents is 1. The van der Waals surface area contributed by atoms with E-state index >= 15 is 0 Å². The molecule has 0 amide bonds. The third-order valence-corrected chi connectivity index (χ3v) is 4.25. The first kappa shape index (κ1) is 15.1. The quantitative estimate of drug-likeness (QED) is 0.573. The summed E-state index contributed by atoms with van der Waals surface area (Å²) in [6.07, 6.45) is 2.53. The van der Waals surface area contributed by atoms with Gasteiger partial charge in [-0.3, -0.25) is 19.5 Å². The molecule has 7 nitrogen and oxygen atoms in total. The number of allylic oxidation sites excluding steroid dienone is 1. The molecule has 1 aliphatic rings. The number of fused-ring (bicyclic) bond motifs is 2. The molecule has 7 heteroatoms. The van der Waals surface area contributed by atoms with Gasteiger partial charge in [-0.25, -0.2) is 4.98 Å². The van der Waals surface area contributed by atoms with E-state index in [0.29, 0.717) is 24.3 Å². The highest BCUT2D eigenvalue weighted by molar-refractivity contribution is 5.85. The molecular formula is C18H13N3O4. The average Bonchev–Trinajstić information content (AvgIpc) is 2.98. The molecule has 0 aliphatic carbocycles. The van der Waals surface area contributed by atoms with Crippen LogP contribution in [-0.2, 0) is 6.54 Å². The van der Waals surface area contributed by atoms with Crippen molar-refractivity contribution in [1.82, 2.24) is 9.55 Å². The number of benzene rings is 2. The average molecular weight is 335 g/mol. The molecule has 124 valence electrons. The van der Waals surface area contributed by atoms with Gasteiger partial charge in [-0.05, 0) is 41.8 Å². The van der Waals surface area contributed by atoms with Gasteiger partial charge < -0.3 is 5.11 Å². The molecule has 1 aromatic heterocycles. The molecule has 1 N–H and O–H groups in total. The summed E-state index contributed by atoms with van der Waals surface area (Å²) in [7, 11) is 0. The van der Waals surface area contributed by atoms with Crippen LogP contribution in [0.15, 0.2) is 47.3 Å². The fourth-order valence-corrected chi connectivity index (χ4v) is 3.07. The van der Waals surface area contributed by atoms with Crippen molar-refractivity contribution in [2.24, 2.45) is 0 Å². The summed E-state index contributed by atoms with van der Waals surface area (Å²) in [6, 6.07) is 11.0. The summed E-state index contributed by atoms with van der Waals surface area (Å²) in [5.41, 5.74) is 1.75. The van der Waals surface area contributed by atoms with Gasteiger partial charge in [-0.2, -0.15) is 0 Å². The summed E-state index contributed by atoms with van der Waals surface area (Å²) < 4.78 is 1.54. The first-order valence-corrected chi connectivity index (χ1v) is 7.72. The van der Waals surface area contributed by atoms with E-state index in [1.165, 1.54) is 18.2 Å². The molecule has 3 aromatic rings. The van der Waals surface area contributed by atoms with Crippen molar-refractivity contribution < 1.29 is 10.0 Å². The lowest BCUT2D eigenvalue weighted by atomic mass is 10.1. The third-order valence-electron chi connectivity index (χ3n) is 4.25. The Kier molecular flexibility index (Phi) is 3.35. The zero-order chi connectivity index (χ0) is 17.6. The second kappa shape index (κ2) is 5.55. The van der Waals surface area contributed by atoms with Crippen molar-refractivity contribution in [3.05, 3.63) is 74.3 Å². The van der Waals surface area contributed by atoms with Gasteiger partial charge in [0.25, 0.3) is 11.2 Å². The molecule has 0 spiro atoms. The Hall–Kier alpha value is -3.48. The number of hydrogen-bond acceptors (Lipinski definition) is 5. The molecule has 4 rings (SSSR count). The zero-order valence-electron chi connectivity index (χ0n) is 13.0. The molecule has 25 heavy (non-hydrogen) atoms. The van der Waals surface area contributed by atoms with E-state index in [1.807, 2.05) is 12.1 Å². The number of non-ortho nitro benzene ring substituents is 1. The van der Waals surface area contributed by atoms with Crippen LogP contribution in [0.1, 0.15) is 17.8 Å². The number of nitrogens with zero attached hydrogens (tertiary/aromatic N) is 3.